The maximum absolute atomic E-state index is 5.45. The van der Waals surface area contributed by atoms with Crippen LogP contribution < -0.4 is 4.74 Å². The number of methoxy groups -OCH3 is 1. The largest absolute Gasteiger partial charge is 0.496 e. The molecule has 0 saturated heterocycles. The molecule has 0 bridgehead atoms. The van der Waals surface area contributed by atoms with Crippen molar-refractivity contribution in [3.05, 3.63) is 29.3 Å². The van der Waals surface area contributed by atoms with E-state index in [9.17, 15) is 0 Å². The number of aryl methyl sites for hydroxylation is 1. The van der Waals surface area contributed by atoms with Crippen LogP contribution in [0.4, 0.5) is 0 Å². The highest BCUT2D eigenvalue weighted by molar-refractivity contribution is 5.42. The van der Waals surface area contributed by atoms with Crippen LogP contribution in [0.5, 0.6) is 5.75 Å². The topological polar surface area (TPSA) is 9.23 Å². The third-order valence-electron chi connectivity index (χ3n) is 2.91. The number of terminal acetylenes is 1. The molecule has 0 saturated carbocycles. The van der Waals surface area contributed by atoms with Gasteiger partial charge in [0.25, 0.3) is 0 Å². The average molecular weight is 216 g/mol. The fraction of sp³-hybridized carbons (Fsp3) is 0.467. The van der Waals surface area contributed by atoms with Crippen molar-refractivity contribution in [2.75, 3.05) is 7.11 Å². The molecule has 1 aromatic rings. The van der Waals surface area contributed by atoms with Gasteiger partial charge >= 0.3 is 0 Å². The lowest BCUT2D eigenvalue weighted by Crippen LogP contribution is -2.03. The van der Waals surface area contributed by atoms with Gasteiger partial charge in [0.05, 0.1) is 7.11 Å². The van der Waals surface area contributed by atoms with Gasteiger partial charge in [-0.1, -0.05) is 25.5 Å². The van der Waals surface area contributed by atoms with Gasteiger partial charge in [0.15, 0.2) is 0 Å². The van der Waals surface area contributed by atoms with Gasteiger partial charge in [0, 0.05) is 12.0 Å². The van der Waals surface area contributed by atoms with Crippen LogP contribution in [0.3, 0.4) is 0 Å². The van der Waals surface area contributed by atoms with Crippen LogP contribution >= 0.6 is 0 Å². The molecule has 1 nitrogen and oxygen atoms in total. The van der Waals surface area contributed by atoms with E-state index in [-0.39, 0.29) is 0 Å². The smallest absolute Gasteiger partial charge is 0.122 e. The Morgan fingerprint density at radius 1 is 1.44 bits per heavy atom. The van der Waals surface area contributed by atoms with Gasteiger partial charge < -0.3 is 4.74 Å². The van der Waals surface area contributed by atoms with Crippen LogP contribution in [-0.2, 0) is 0 Å². The summed E-state index contributed by atoms with van der Waals surface area (Å²) in [4.78, 5) is 0. The molecule has 1 aromatic carbocycles. The first-order valence-corrected chi connectivity index (χ1v) is 5.81. The van der Waals surface area contributed by atoms with Crippen molar-refractivity contribution in [3.8, 4) is 18.1 Å². The molecule has 0 aliphatic carbocycles. The van der Waals surface area contributed by atoms with E-state index in [0.717, 1.165) is 25.0 Å². The van der Waals surface area contributed by atoms with Crippen LogP contribution in [-0.4, -0.2) is 7.11 Å². The Kier molecular flexibility index (Phi) is 4.92. The standard InChI is InChI=1S/C15H20O/c1-5-8-13(9-6-2)15-12(3)10-7-11-14(15)16-4/h1,7,10-11,13H,6,8-9H2,2-4H3. The van der Waals surface area contributed by atoms with Crippen LogP contribution in [0.15, 0.2) is 18.2 Å². The average Bonchev–Trinajstić information content (AvgIpc) is 2.28. The zero-order valence-electron chi connectivity index (χ0n) is 10.4. The Hall–Kier alpha value is -1.42. The maximum Gasteiger partial charge on any atom is 0.122 e. The molecule has 1 unspecified atom stereocenters. The minimum Gasteiger partial charge on any atom is -0.496 e. The first kappa shape index (κ1) is 12.6. The number of rotatable bonds is 5. The fourth-order valence-corrected chi connectivity index (χ4v) is 2.19. The Labute approximate surface area is 98.8 Å². The summed E-state index contributed by atoms with van der Waals surface area (Å²) in [6.45, 7) is 4.31. The second-order valence-electron chi connectivity index (χ2n) is 4.08. The first-order chi connectivity index (χ1) is 7.74. The van der Waals surface area contributed by atoms with Crippen molar-refractivity contribution in [1.82, 2.24) is 0 Å². The number of hydrogen-bond donors (Lipinski definition) is 0. The predicted molar refractivity (Wildman–Crippen MR) is 68.8 cm³/mol. The minimum absolute atomic E-state index is 0.422. The monoisotopic (exact) mass is 216 g/mol. The van der Waals surface area contributed by atoms with Gasteiger partial charge in [-0.25, -0.2) is 0 Å². The quantitative estimate of drug-likeness (QED) is 0.678. The highest BCUT2D eigenvalue weighted by Gasteiger charge is 2.16. The molecule has 1 atom stereocenters. The Morgan fingerprint density at radius 3 is 2.75 bits per heavy atom. The molecule has 0 spiro atoms. The summed E-state index contributed by atoms with van der Waals surface area (Å²) in [5.41, 5.74) is 2.55. The minimum atomic E-state index is 0.422. The Bertz CT molecular complexity index is 374. The lowest BCUT2D eigenvalue weighted by atomic mass is 9.88. The summed E-state index contributed by atoms with van der Waals surface area (Å²) in [6, 6.07) is 6.16. The normalized spacial score (nSPS) is 11.9. The summed E-state index contributed by atoms with van der Waals surface area (Å²) in [7, 11) is 1.72. The van der Waals surface area contributed by atoms with Crippen LogP contribution in [0.25, 0.3) is 0 Å². The number of hydrogen-bond acceptors (Lipinski definition) is 1. The van der Waals surface area contributed by atoms with Crippen molar-refractivity contribution in [1.29, 1.82) is 0 Å². The van der Waals surface area contributed by atoms with E-state index in [1.807, 2.05) is 12.1 Å². The highest BCUT2D eigenvalue weighted by Crippen LogP contribution is 2.34. The van der Waals surface area contributed by atoms with Gasteiger partial charge in [0.1, 0.15) is 5.75 Å². The van der Waals surface area contributed by atoms with Crippen LogP contribution in [0, 0.1) is 19.3 Å². The van der Waals surface area contributed by atoms with Gasteiger partial charge in [-0.3, -0.25) is 0 Å². The number of benzene rings is 1. The molecule has 1 rings (SSSR count). The molecular weight excluding hydrogens is 196 g/mol. The molecule has 0 heterocycles. The molecule has 0 fully saturated rings. The van der Waals surface area contributed by atoms with E-state index in [0.29, 0.717) is 5.92 Å². The molecule has 0 aliphatic rings. The third kappa shape index (κ3) is 2.79. The molecular formula is C15H20O. The SMILES string of the molecule is C#CCC(CCC)c1c(C)cccc1OC. The van der Waals surface area contributed by atoms with E-state index in [2.05, 4.69) is 25.8 Å². The lowest BCUT2D eigenvalue weighted by molar-refractivity contribution is 0.403. The zero-order chi connectivity index (χ0) is 12.0. The zero-order valence-corrected chi connectivity index (χ0v) is 10.4. The van der Waals surface area contributed by atoms with E-state index in [4.69, 9.17) is 11.2 Å². The second kappa shape index (κ2) is 6.23. The predicted octanol–water partition coefficient (Wildman–Crippen LogP) is 3.91. The molecule has 0 amide bonds. The van der Waals surface area contributed by atoms with E-state index in [1.54, 1.807) is 7.11 Å². The summed E-state index contributed by atoms with van der Waals surface area (Å²) in [6.07, 6.45) is 8.49. The number of ether oxygens (including phenoxy) is 1. The summed E-state index contributed by atoms with van der Waals surface area (Å²) < 4.78 is 5.43. The maximum atomic E-state index is 5.45. The van der Waals surface area contributed by atoms with Crippen molar-refractivity contribution in [3.63, 3.8) is 0 Å². The van der Waals surface area contributed by atoms with Crippen LogP contribution in [0.2, 0.25) is 0 Å². The van der Waals surface area contributed by atoms with E-state index < -0.39 is 0 Å². The van der Waals surface area contributed by atoms with Crippen molar-refractivity contribution < 1.29 is 4.74 Å². The molecule has 0 aliphatic heterocycles. The molecule has 86 valence electrons. The van der Waals surface area contributed by atoms with Gasteiger partial charge in [0.2, 0.25) is 0 Å². The molecule has 1 heteroatoms. The van der Waals surface area contributed by atoms with Crippen molar-refractivity contribution >= 4 is 0 Å². The van der Waals surface area contributed by atoms with Gasteiger partial charge in [-0.2, -0.15) is 0 Å². The van der Waals surface area contributed by atoms with Crippen LogP contribution in [0.1, 0.15) is 43.2 Å². The summed E-state index contributed by atoms with van der Waals surface area (Å²) in [5, 5.41) is 0. The van der Waals surface area contributed by atoms with Crippen molar-refractivity contribution in [2.24, 2.45) is 0 Å². The molecule has 0 aromatic heterocycles. The van der Waals surface area contributed by atoms with E-state index in [1.165, 1.54) is 11.1 Å². The van der Waals surface area contributed by atoms with Crippen molar-refractivity contribution in [2.45, 2.75) is 39.0 Å². The molecule has 16 heavy (non-hydrogen) atoms. The summed E-state index contributed by atoms with van der Waals surface area (Å²) >= 11 is 0. The highest BCUT2D eigenvalue weighted by atomic mass is 16.5. The second-order valence-corrected chi connectivity index (χ2v) is 4.08. The first-order valence-electron chi connectivity index (χ1n) is 5.81. The van der Waals surface area contributed by atoms with Gasteiger partial charge in [-0.15, -0.1) is 12.3 Å². The Morgan fingerprint density at radius 2 is 2.19 bits per heavy atom. The Balaban J connectivity index is 3.11. The lowest BCUT2D eigenvalue weighted by Gasteiger charge is -2.19. The molecule has 0 radical (unpaired) electrons. The van der Waals surface area contributed by atoms with Gasteiger partial charge in [-0.05, 0) is 30.9 Å². The fourth-order valence-electron chi connectivity index (χ4n) is 2.19. The van der Waals surface area contributed by atoms with E-state index >= 15 is 0 Å². The molecule has 0 N–H and O–H groups in total. The third-order valence-corrected chi connectivity index (χ3v) is 2.91. The summed E-state index contributed by atoms with van der Waals surface area (Å²) in [5.74, 6) is 4.16.